The van der Waals surface area contributed by atoms with Gasteiger partial charge in [-0.05, 0) is 55.3 Å². The smallest absolute Gasteiger partial charge is 0.308 e. The number of hydrogen-bond donors (Lipinski definition) is 1. The first kappa shape index (κ1) is 25.4. The van der Waals surface area contributed by atoms with Gasteiger partial charge in [-0.15, -0.1) is 0 Å². The van der Waals surface area contributed by atoms with Gasteiger partial charge in [0.05, 0.1) is 31.1 Å². The number of methoxy groups -OCH3 is 2. The molecular weight excluding hydrogens is 462 g/mol. The fraction of sp³-hybridized carbons (Fsp3) is 0.458. The number of aliphatic carboxylic acids is 1. The Labute approximate surface area is 200 Å². The minimum absolute atomic E-state index is 0.0913. The Morgan fingerprint density at radius 3 is 2.36 bits per heavy atom. The van der Waals surface area contributed by atoms with Crippen molar-refractivity contribution < 1.29 is 27.8 Å². The van der Waals surface area contributed by atoms with Crippen LogP contribution in [0, 0.1) is 12.8 Å². The second-order valence-corrected chi connectivity index (χ2v) is 11.3. The zero-order valence-corrected chi connectivity index (χ0v) is 21.0. The number of rotatable bonds is 9. The maximum absolute atomic E-state index is 13.7. The zero-order chi connectivity index (χ0) is 24.2. The fourth-order valence-corrected chi connectivity index (χ4v) is 7.05. The van der Waals surface area contributed by atoms with E-state index in [0.29, 0.717) is 17.9 Å². The number of nitrogens with zero attached hydrogens (tertiary/aromatic N) is 1. The van der Waals surface area contributed by atoms with Crippen molar-refractivity contribution in [2.24, 2.45) is 5.92 Å². The number of piperidine rings is 1. The van der Waals surface area contributed by atoms with E-state index in [1.165, 1.54) is 11.4 Å². The molecule has 2 aromatic rings. The van der Waals surface area contributed by atoms with Crippen molar-refractivity contribution in [1.82, 2.24) is 4.31 Å². The van der Waals surface area contributed by atoms with Crippen LogP contribution in [0.1, 0.15) is 36.9 Å². The molecular formula is C24H31NO6S2. The summed E-state index contributed by atoms with van der Waals surface area (Å²) in [5, 5.41) is 9.73. The van der Waals surface area contributed by atoms with Crippen LogP contribution in [0.2, 0.25) is 0 Å². The lowest BCUT2D eigenvalue weighted by molar-refractivity contribution is -0.143. The van der Waals surface area contributed by atoms with Crippen molar-refractivity contribution in [2.45, 2.75) is 42.9 Å². The number of carboxylic acid groups (broad SMARTS) is 1. The molecule has 1 aliphatic rings. The highest BCUT2D eigenvalue weighted by atomic mass is 32.2. The van der Waals surface area contributed by atoms with Crippen LogP contribution in [0.3, 0.4) is 0 Å². The van der Waals surface area contributed by atoms with Gasteiger partial charge in [0.25, 0.3) is 0 Å². The minimum Gasteiger partial charge on any atom is -0.493 e. The topological polar surface area (TPSA) is 93.1 Å². The Morgan fingerprint density at radius 2 is 1.79 bits per heavy atom. The molecule has 0 spiro atoms. The molecule has 1 fully saturated rings. The molecule has 180 valence electrons. The largest absolute Gasteiger partial charge is 0.493 e. The van der Waals surface area contributed by atoms with Gasteiger partial charge in [0.1, 0.15) is 0 Å². The third-order valence-electron chi connectivity index (χ3n) is 5.90. The number of carboxylic acids is 1. The second kappa shape index (κ2) is 10.8. The first-order chi connectivity index (χ1) is 15.7. The quantitative estimate of drug-likeness (QED) is 0.555. The third kappa shape index (κ3) is 5.47. The number of hydrogen-bond acceptors (Lipinski definition) is 6. The Hall–Kier alpha value is -2.23. The van der Waals surface area contributed by atoms with Crippen LogP contribution in [0.15, 0.2) is 47.4 Å². The molecule has 33 heavy (non-hydrogen) atoms. The van der Waals surface area contributed by atoms with Crippen LogP contribution in [-0.2, 0) is 14.8 Å². The van der Waals surface area contributed by atoms with Gasteiger partial charge in [-0.25, -0.2) is 8.42 Å². The van der Waals surface area contributed by atoms with Crippen LogP contribution < -0.4 is 9.47 Å². The Balaban J connectivity index is 2.10. The SMILES string of the molecule is CCCS[C@@H]1C[C@@H](c2ccc(OC)c(OC)c2)N(S(=O)(=O)c2ccc(C)cc2)C[C@H]1C(=O)O. The van der Waals surface area contributed by atoms with Gasteiger partial charge >= 0.3 is 5.97 Å². The molecule has 1 saturated heterocycles. The van der Waals surface area contributed by atoms with Crippen LogP contribution in [0.25, 0.3) is 0 Å². The van der Waals surface area contributed by atoms with E-state index < -0.39 is 28.0 Å². The van der Waals surface area contributed by atoms with E-state index in [9.17, 15) is 18.3 Å². The molecule has 1 aliphatic heterocycles. The first-order valence-corrected chi connectivity index (χ1v) is 13.4. The van der Waals surface area contributed by atoms with Gasteiger partial charge in [0, 0.05) is 11.8 Å². The Bertz CT molecular complexity index is 1070. The van der Waals surface area contributed by atoms with Crippen molar-refractivity contribution in [1.29, 1.82) is 0 Å². The van der Waals surface area contributed by atoms with Gasteiger partial charge in [-0.1, -0.05) is 30.7 Å². The lowest BCUT2D eigenvalue weighted by Crippen LogP contribution is -2.49. The standard InChI is InChI=1S/C24H31NO6S2/c1-5-12-32-23-14-20(17-8-11-21(30-3)22(13-17)31-4)25(15-19(23)24(26)27)33(28,29)18-9-6-16(2)7-10-18/h6-11,13,19-20,23H,5,12,14-15H2,1-4H3,(H,26,27)/t19-,20+,23-/m1/s1. The molecule has 0 bridgehead atoms. The number of carbonyl (C=O) groups is 1. The van der Waals surface area contributed by atoms with E-state index >= 15 is 0 Å². The summed E-state index contributed by atoms with van der Waals surface area (Å²) in [6, 6.07) is 11.5. The molecule has 1 N–H and O–H groups in total. The van der Waals surface area contributed by atoms with E-state index in [4.69, 9.17) is 9.47 Å². The summed E-state index contributed by atoms with van der Waals surface area (Å²) in [4.78, 5) is 12.3. The molecule has 9 heteroatoms. The van der Waals surface area contributed by atoms with Crippen molar-refractivity contribution in [3.8, 4) is 11.5 Å². The summed E-state index contributed by atoms with van der Waals surface area (Å²) in [5.41, 5.74) is 1.69. The lowest BCUT2D eigenvalue weighted by Gasteiger charge is -2.42. The Kier molecular flexibility index (Phi) is 8.31. The molecule has 7 nitrogen and oxygen atoms in total. The zero-order valence-electron chi connectivity index (χ0n) is 19.4. The molecule has 0 amide bonds. The van der Waals surface area contributed by atoms with Crippen LogP contribution >= 0.6 is 11.8 Å². The first-order valence-electron chi connectivity index (χ1n) is 10.9. The van der Waals surface area contributed by atoms with Crippen molar-refractivity contribution in [3.05, 3.63) is 53.6 Å². The van der Waals surface area contributed by atoms with Crippen LogP contribution in [0.4, 0.5) is 0 Å². The number of benzene rings is 2. The summed E-state index contributed by atoms with van der Waals surface area (Å²) < 4.78 is 39.6. The Morgan fingerprint density at radius 1 is 1.12 bits per heavy atom. The highest BCUT2D eigenvalue weighted by Gasteiger charge is 2.45. The normalized spacial score (nSPS) is 21.5. The molecule has 0 aliphatic carbocycles. The number of ether oxygens (including phenoxy) is 2. The minimum atomic E-state index is -3.93. The van der Waals surface area contributed by atoms with Crippen molar-refractivity contribution in [3.63, 3.8) is 0 Å². The van der Waals surface area contributed by atoms with E-state index in [1.807, 2.05) is 19.9 Å². The summed E-state index contributed by atoms with van der Waals surface area (Å²) in [6.07, 6.45) is 1.31. The molecule has 3 rings (SSSR count). The highest BCUT2D eigenvalue weighted by molar-refractivity contribution is 7.99. The molecule has 0 aromatic heterocycles. The predicted octanol–water partition coefficient (Wildman–Crippen LogP) is 4.36. The number of sulfonamides is 1. The average molecular weight is 494 g/mol. The fourth-order valence-electron chi connectivity index (χ4n) is 4.10. The van der Waals surface area contributed by atoms with Gasteiger partial charge in [-0.2, -0.15) is 16.1 Å². The predicted molar refractivity (Wildman–Crippen MR) is 130 cm³/mol. The van der Waals surface area contributed by atoms with Crippen molar-refractivity contribution >= 4 is 27.8 Å². The molecule has 0 saturated carbocycles. The lowest BCUT2D eigenvalue weighted by atomic mass is 9.90. The summed E-state index contributed by atoms with van der Waals surface area (Å²) in [6.45, 7) is 3.84. The van der Waals surface area contributed by atoms with Gasteiger partial charge in [0.15, 0.2) is 11.5 Å². The molecule has 1 heterocycles. The maximum atomic E-state index is 13.7. The third-order valence-corrected chi connectivity index (χ3v) is 9.38. The number of thioether (sulfide) groups is 1. The van der Waals surface area contributed by atoms with Crippen LogP contribution in [0.5, 0.6) is 11.5 Å². The second-order valence-electron chi connectivity index (χ2n) is 8.11. The summed E-state index contributed by atoms with van der Waals surface area (Å²) in [5.74, 6) is 0.0976. The molecule has 3 atom stereocenters. The van der Waals surface area contributed by atoms with E-state index in [2.05, 4.69) is 0 Å². The average Bonchev–Trinajstić information content (AvgIpc) is 2.81. The van der Waals surface area contributed by atoms with Gasteiger partial charge in [-0.3, -0.25) is 4.79 Å². The van der Waals surface area contributed by atoms with E-state index in [-0.39, 0.29) is 16.7 Å². The van der Waals surface area contributed by atoms with Crippen LogP contribution in [-0.4, -0.2) is 55.6 Å². The highest BCUT2D eigenvalue weighted by Crippen LogP contribution is 2.44. The monoisotopic (exact) mass is 493 g/mol. The molecule has 2 aromatic carbocycles. The summed E-state index contributed by atoms with van der Waals surface area (Å²) in [7, 11) is -0.859. The molecule has 0 unspecified atom stereocenters. The van der Waals surface area contributed by atoms with Crippen molar-refractivity contribution in [2.75, 3.05) is 26.5 Å². The number of aryl methyl sites for hydroxylation is 1. The summed E-state index contributed by atoms with van der Waals surface area (Å²) >= 11 is 1.60. The van der Waals surface area contributed by atoms with Gasteiger partial charge in [0.2, 0.25) is 10.0 Å². The molecule has 0 radical (unpaired) electrons. The maximum Gasteiger partial charge on any atom is 0.308 e. The van der Waals surface area contributed by atoms with E-state index in [1.54, 1.807) is 55.3 Å². The van der Waals surface area contributed by atoms with E-state index in [0.717, 1.165) is 23.3 Å². The van der Waals surface area contributed by atoms with Gasteiger partial charge < -0.3 is 14.6 Å².